The zero-order valence-corrected chi connectivity index (χ0v) is 10.2. The lowest BCUT2D eigenvalue weighted by Crippen LogP contribution is -2.14. The molecule has 0 aliphatic rings. The van der Waals surface area contributed by atoms with Crippen molar-refractivity contribution in [2.45, 2.75) is 0 Å². The number of sulfonamides is 1. The number of halogens is 2. The van der Waals surface area contributed by atoms with E-state index in [4.69, 9.17) is 5.11 Å². The Labute approximate surface area is 99.5 Å². The van der Waals surface area contributed by atoms with Crippen LogP contribution in [-0.2, 0) is 10.0 Å². The minimum atomic E-state index is -3.58. The van der Waals surface area contributed by atoms with Gasteiger partial charge in [0.2, 0.25) is 10.0 Å². The second kappa shape index (κ2) is 4.79. The van der Waals surface area contributed by atoms with Gasteiger partial charge in [-0.05, 0) is 18.2 Å². The minimum Gasteiger partial charge on any atom is -0.478 e. The highest BCUT2D eigenvalue weighted by atomic mass is 79.9. The fourth-order valence-electron chi connectivity index (χ4n) is 0.959. The Kier molecular flexibility index (Phi) is 3.87. The Bertz CT molecular complexity index is 517. The molecule has 0 unspecified atom stereocenters. The van der Waals surface area contributed by atoms with Gasteiger partial charge in [-0.15, -0.1) is 0 Å². The van der Waals surface area contributed by atoms with Crippen molar-refractivity contribution in [1.29, 1.82) is 0 Å². The molecular formula is C8H7BrFNO4S. The average molecular weight is 312 g/mol. The molecule has 0 aromatic heterocycles. The van der Waals surface area contributed by atoms with Crippen molar-refractivity contribution >= 4 is 37.6 Å². The lowest BCUT2D eigenvalue weighted by molar-refractivity contribution is 0.0692. The predicted octanol–water partition coefficient (Wildman–Crippen LogP) is 1.62. The van der Waals surface area contributed by atoms with Gasteiger partial charge < -0.3 is 5.11 Å². The Hall–Kier alpha value is -1.15. The molecule has 0 saturated carbocycles. The quantitative estimate of drug-likeness (QED) is 0.828. The average Bonchev–Trinajstić information content (AvgIpc) is 2.20. The second-order valence-electron chi connectivity index (χ2n) is 2.83. The van der Waals surface area contributed by atoms with Gasteiger partial charge >= 0.3 is 5.97 Å². The minimum absolute atomic E-state index is 0.00162. The Morgan fingerprint density at radius 2 is 2.12 bits per heavy atom. The van der Waals surface area contributed by atoms with Crippen molar-refractivity contribution in [2.24, 2.45) is 0 Å². The van der Waals surface area contributed by atoms with Gasteiger partial charge in [0, 0.05) is 5.69 Å². The maximum atomic E-state index is 13.0. The van der Waals surface area contributed by atoms with Gasteiger partial charge in [0.1, 0.15) is 10.5 Å². The Morgan fingerprint density at radius 1 is 1.50 bits per heavy atom. The molecule has 0 saturated heterocycles. The number of anilines is 1. The van der Waals surface area contributed by atoms with Gasteiger partial charge in [-0.25, -0.2) is 17.6 Å². The normalized spacial score (nSPS) is 11.1. The number of nitrogens with one attached hydrogen (secondary N) is 1. The fourth-order valence-corrected chi connectivity index (χ4v) is 1.84. The molecule has 1 rings (SSSR count). The molecule has 5 nitrogen and oxygen atoms in total. The van der Waals surface area contributed by atoms with E-state index in [9.17, 15) is 17.6 Å². The van der Waals surface area contributed by atoms with E-state index in [-0.39, 0.29) is 10.3 Å². The molecule has 0 atom stereocenters. The number of carboxylic acids is 1. The van der Waals surface area contributed by atoms with E-state index >= 15 is 0 Å². The van der Waals surface area contributed by atoms with Crippen molar-refractivity contribution in [3.05, 3.63) is 29.6 Å². The molecule has 0 aliphatic carbocycles. The maximum absolute atomic E-state index is 13.0. The third kappa shape index (κ3) is 3.17. The summed E-state index contributed by atoms with van der Waals surface area (Å²) in [5.74, 6) is -2.38. The lowest BCUT2D eigenvalue weighted by atomic mass is 10.2. The van der Waals surface area contributed by atoms with Crippen LogP contribution in [0.4, 0.5) is 10.1 Å². The van der Waals surface area contributed by atoms with Crippen molar-refractivity contribution < 1.29 is 22.7 Å². The van der Waals surface area contributed by atoms with Crippen molar-refractivity contribution in [3.63, 3.8) is 0 Å². The van der Waals surface area contributed by atoms with Crippen LogP contribution in [0, 0.1) is 5.82 Å². The van der Waals surface area contributed by atoms with Crippen LogP contribution in [0.15, 0.2) is 18.2 Å². The molecule has 2 N–H and O–H groups in total. The van der Waals surface area contributed by atoms with Gasteiger partial charge in [-0.3, -0.25) is 4.72 Å². The first-order valence-electron chi connectivity index (χ1n) is 3.95. The molecule has 16 heavy (non-hydrogen) atoms. The summed E-state index contributed by atoms with van der Waals surface area (Å²) in [6, 6.07) is 2.94. The summed E-state index contributed by atoms with van der Waals surface area (Å²) in [5.41, 5.74) is -0.590. The van der Waals surface area contributed by atoms with Gasteiger partial charge in [0.25, 0.3) is 0 Å². The van der Waals surface area contributed by atoms with E-state index in [1.807, 2.05) is 0 Å². The predicted molar refractivity (Wildman–Crippen MR) is 59.7 cm³/mol. The van der Waals surface area contributed by atoms with Gasteiger partial charge in [0.05, 0.1) is 5.56 Å². The van der Waals surface area contributed by atoms with Crippen molar-refractivity contribution in [2.75, 3.05) is 9.38 Å². The molecule has 1 aromatic carbocycles. The molecule has 1 aromatic rings. The SMILES string of the molecule is O=C(O)c1cc(NS(=O)(=O)CBr)ccc1F. The Morgan fingerprint density at radius 3 is 2.62 bits per heavy atom. The summed E-state index contributed by atoms with van der Waals surface area (Å²) in [7, 11) is -3.58. The highest BCUT2D eigenvalue weighted by Gasteiger charge is 2.13. The maximum Gasteiger partial charge on any atom is 0.338 e. The standard InChI is InChI=1S/C8H7BrFNO4S/c9-4-16(14,15)11-5-1-2-7(10)6(3-5)8(12)13/h1-3,11H,4H2,(H,12,13). The van der Waals surface area contributed by atoms with E-state index in [1.165, 1.54) is 0 Å². The molecule has 0 spiro atoms. The van der Waals surface area contributed by atoms with Crippen LogP contribution in [0.3, 0.4) is 0 Å². The molecule has 0 amide bonds. The zero-order chi connectivity index (χ0) is 12.3. The van der Waals surface area contributed by atoms with Crippen LogP contribution >= 0.6 is 15.9 Å². The van der Waals surface area contributed by atoms with Crippen molar-refractivity contribution in [3.8, 4) is 0 Å². The number of benzene rings is 1. The number of hydrogen-bond acceptors (Lipinski definition) is 3. The molecule has 0 aliphatic heterocycles. The third-order valence-corrected chi connectivity index (χ3v) is 4.26. The van der Waals surface area contributed by atoms with Crippen LogP contribution in [-0.4, -0.2) is 24.2 Å². The smallest absolute Gasteiger partial charge is 0.338 e. The molecule has 0 radical (unpaired) electrons. The summed E-state index contributed by atoms with van der Waals surface area (Å²) in [6.45, 7) is 0. The van der Waals surface area contributed by atoms with E-state index in [1.54, 1.807) is 0 Å². The first-order valence-corrected chi connectivity index (χ1v) is 6.72. The molecule has 8 heteroatoms. The van der Waals surface area contributed by atoms with Crippen LogP contribution in [0.5, 0.6) is 0 Å². The second-order valence-corrected chi connectivity index (χ2v) is 5.85. The first-order chi connectivity index (χ1) is 7.35. The van der Waals surface area contributed by atoms with Crippen LogP contribution in [0.2, 0.25) is 0 Å². The highest BCUT2D eigenvalue weighted by molar-refractivity contribution is 9.10. The number of hydrogen-bond donors (Lipinski definition) is 2. The summed E-state index contributed by atoms with van der Waals surface area (Å²) in [4.78, 5) is 10.6. The number of rotatable bonds is 4. The lowest BCUT2D eigenvalue weighted by Gasteiger charge is -2.06. The van der Waals surface area contributed by atoms with Crippen molar-refractivity contribution in [1.82, 2.24) is 0 Å². The molecule has 0 heterocycles. The fraction of sp³-hybridized carbons (Fsp3) is 0.125. The van der Waals surface area contributed by atoms with E-state index in [0.29, 0.717) is 0 Å². The monoisotopic (exact) mass is 311 g/mol. The number of carboxylic acid groups (broad SMARTS) is 1. The third-order valence-electron chi connectivity index (χ3n) is 1.61. The van der Waals surface area contributed by atoms with Gasteiger partial charge in [-0.1, -0.05) is 15.9 Å². The summed E-state index contributed by atoms with van der Waals surface area (Å²) >= 11 is 2.75. The largest absolute Gasteiger partial charge is 0.478 e. The molecule has 88 valence electrons. The number of aromatic carboxylic acids is 1. The van der Waals surface area contributed by atoms with Crippen LogP contribution < -0.4 is 4.72 Å². The molecular weight excluding hydrogens is 305 g/mol. The van der Waals surface area contributed by atoms with Gasteiger partial charge in [0.15, 0.2) is 0 Å². The zero-order valence-electron chi connectivity index (χ0n) is 7.78. The number of carbonyl (C=O) groups is 1. The van der Waals surface area contributed by atoms with E-state index in [2.05, 4.69) is 20.7 Å². The Balaban J connectivity index is 3.09. The van der Waals surface area contributed by atoms with E-state index < -0.39 is 27.4 Å². The van der Waals surface area contributed by atoms with Crippen LogP contribution in [0.25, 0.3) is 0 Å². The summed E-state index contributed by atoms with van der Waals surface area (Å²) < 4.78 is 37.0. The highest BCUT2D eigenvalue weighted by Crippen LogP contribution is 2.16. The number of alkyl halides is 1. The molecule has 0 fully saturated rings. The van der Waals surface area contributed by atoms with Gasteiger partial charge in [-0.2, -0.15) is 0 Å². The topological polar surface area (TPSA) is 83.5 Å². The van der Waals surface area contributed by atoms with E-state index in [0.717, 1.165) is 18.2 Å². The first kappa shape index (κ1) is 12.9. The van der Waals surface area contributed by atoms with Crippen LogP contribution in [0.1, 0.15) is 10.4 Å². The summed E-state index contributed by atoms with van der Waals surface area (Å²) in [6.07, 6.45) is 0. The molecule has 0 bridgehead atoms. The summed E-state index contributed by atoms with van der Waals surface area (Å²) in [5, 5.41) is 8.62.